The Balaban J connectivity index is 1.84. The Morgan fingerprint density at radius 1 is 1.05 bits per heavy atom. The Bertz CT molecular complexity index is 718. The number of ketones is 1. The highest BCUT2D eigenvalue weighted by Crippen LogP contribution is 2.26. The van der Waals surface area contributed by atoms with Crippen LogP contribution >= 0.6 is 0 Å². The number of nitrogens with two attached hydrogens (primary N) is 2. The zero-order valence-corrected chi connectivity index (χ0v) is 10.6. The van der Waals surface area contributed by atoms with Crippen LogP contribution in [0.4, 0.5) is 17.1 Å². The van der Waals surface area contributed by atoms with E-state index in [1.54, 1.807) is 30.3 Å². The molecule has 0 fully saturated rings. The third-order valence-electron chi connectivity index (χ3n) is 3.26. The zero-order valence-electron chi connectivity index (χ0n) is 10.6. The lowest BCUT2D eigenvalue weighted by atomic mass is 9.87. The summed E-state index contributed by atoms with van der Waals surface area (Å²) in [6.07, 6.45) is 0.481. The van der Waals surface area contributed by atoms with Gasteiger partial charge in [-0.3, -0.25) is 9.59 Å². The molecule has 5 N–H and O–H groups in total. The molecule has 0 saturated heterocycles. The molecule has 0 atom stereocenters. The molecule has 20 heavy (non-hydrogen) atoms. The van der Waals surface area contributed by atoms with Gasteiger partial charge in [-0.05, 0) is 35.9 Å². The number of nitrogens with one attached hydrogen (secondary N) is 1. The summed E-state index contributed by atoms with van der Waals surface area (Å²) in [7, 11) is 0. The number of fused-ring (bicyclic) bond motifs is 1. The maximum atomic E-state index is 12.1. The molecule has 0 radical (unpaired) electrons. The Morgan fingerprint density at radius 3 is 2.40 bits per heavy atom. The van der Waals surface area contributed by atoms with Crippen molar-refractivity contribution < 1.29 is 9.59 Å². The van der Waals surface area contributed by atoms with Crippen molar-refractivity contribution in [2.24, 2.45) is 0 Å². The smallest absolute Gasteiger partial charge is 0.255 e. The largest absolute Gasteiger partial charge is 0.399 e. The third-order valence-corrected chi connectivity index (χ3v) is 3.26. The van der Waals surface area contributed by atoms with Crippen LogP contribution in [0, 0.1) is 0 Å². The summed E-state index contributed by atoms with van der Waals surface area (Å²) < 4.78 is 0. The van der Waals surface area contributed by atoms with Gasteiger partial charge >= 0.3 is 0 Å². The molecule has 1 aliphatic rings. The fourth-order valence-corrected chi connectivity index (χ4v) is 2.24. The monoisotopic (exact) mass is 267 g/mol. The van der Waals surface area contributed by atoms with Gasteiger partial charge in [0, 0.05) is 34.6 Å². The van der Waals surface area contributed by atoms with E-state index in [2.05, 4.69) is 5.32 Å². The van der Waals surface area contributed by atoms with Crippen LogP contribution in [0.3, 0.4) is 0 Å². The number of nitrogen functional groups attached to an aromatic ring is 2. The fourth-order valence-electron chi connectivity index (χ4n) is 2.24. The van der Waals surface area contributed by atoms with Gasteiger partial charge in [-0.25, -0.2) is 0 Å². The van der Waals surface area contributed by atoms with E-state index in [0.717, 1.165) is 5.56 Å². The van der Waals surface area contributed by atoms with Crippen molar-refractivity contribution in [1.82, 2.24) is 0 Å². The highest BCUT2D eigenvalue weighted by atomic mass is 16.1. The van der Waals surface area contributed by atoms with Crippen LogP contribution in [-0.2, 0) is 6.42 Å². The van der Waals surface area contributed by atoms with Gasteiger partial charge in [0.1, 0.15) is 0 Å². The minimum atomic E-state index is -0.310. The summed E-state index contributed by atoms with van der Waals surface area (Å²) in [6, 6.07) is 10.0. The first kappa shape index (κ1) is 12.2. The van der Waals surface area contributed by atoms with Crippen LogP contribution in [0.1, 0.15) is 26.3 Å². The first-order valence-corrected chi connectivity index (χ1v) is 6.16. The van der Waals surface area contributed by atoms with Gasteiger partial charge < -0.3 is 16.8 Å². The molecule has 0 bridgehead atoms. The number of carbonyl (C=O) groups is 2. The Labute approximate surface area is 115 Å². The van der Waals surface area contributed by atoms with E-state index >= 15 is 0 Å². The minimum Gasteiger partial charge on any atom is -0.399 e. The first-order chi connectivity index (χ1) is 9.52. The number of carbonyl (C=O) groups excluding carboxylic acids is 2. The topological polar surface area (TPSA) is 98.2 Å². The summed E-state index contributed by atoms with van der Waals surface area (Å²) in [6.45, 7) is 0. The zero-order chi connectivity index (χ0) is 14.3. The molecule has 100 valence electrons. The number of benzene rings is 2. The van der Waals surface area contributed by atoms with Crippen molar-refractivity contribution in [1.29, 1.82) is 0 Å². The van der Waals surface area contributed by atoms with E-state index in [1.165, 1.54) is 0 Å². The van der Waals surface area contributed by atoms with Crippen molar-refractivity contribution in [3.8, 4) is 0 Å². The number of Topliss-reactive ketones (excluding diaryl/α,β-unsaturated/α-hetero) is 1. The van der Waals surface area contributed by atoms with Gasteiger partial charge in [0.15, 0.2) is 5.78 Å². The normalized spacial score (nSPS) is 12.5. The quantitative estimate of drug-likeness (QED) is 0.723. The van der Waals surface area contributed by atoms with E-state index in [9.17, 15) is 9.59 Å². The number of rotatable bonds is 2. The van der Waals surface area contributed by atoms with E-state index < -0.39 is 0 Å². The molecule has 0 aromatic heterocycles. The van der Waals surface area contributed by atoms with Gasteiger partial charge in [-0.1, -0.05) is 6.07 Å². The van der Waals surface area contributed by atoms with Gasteiger partial charge in [0.05, 0.1) is 0 Å². The lowest BCUT2D eigenvalue weighted by Crippen LogP contribution is -2.20. The van der Waals surface area contributed by atoms with Crippen LogP contribution in [0.2, 0.25) is 0 Å². The van der Waals surface area contributed by atoms with Gasteiger partial charge in [0.2, 0.25) is 0 Å². The van der Waals surface area contributed by atoms with Gasteiger partial charge in [-0.2, -0.15) is 0 Å². The second-order valence-electron chi connectivity index (χ2n) is 4.81. The van der Waals surface area contributed by atoms with Crippen molar-refractivity contribution in [3.05, 3.63) is 53.1 Å². The predicted octanol–water partition coefficient (Wildman–Crippen LogP) is 1.84. The van der Waals surface area contributed by atoms with Crippen molar-refractivity contribution in [3.63, 3.8) is 0 Å². The van der Waals surface area contributed by atoms with Crippen molar-refractivity contribution in [2.45, 2.75) is 6.42 Å². The average Bonchev–Trinajstić information content (AvgIpc) is 2.38. The minimum absolute atomic E-state index is 0.101. The molecule has 1 aliphatic carbocycles. The maximum Gasteiger partial charge on any atom is 0.255 e. The maximum absolute atomic E-state index is 12.1. The molecule has 1 amide bonds. The lowest BCUT2D eigenvalue weighted by molar-refractivity contribution is 0.0966. The molecule has 5 heteroatoms. The molecule has 0 saturated carbocycles. The number of hydrogen-bond acceptors (Lipinski definition) is 4. The second kappa shape index (κ2) is 4.38. The summed E-state index contributed by atoms with van der Waals surface area (Å²) in [5.41, 5.74) is 14.8. The molecular formula is C15H13N3O2. The summed E-state index contributed by atoms with van der Waals surface area (Å²) in [4.78, 5) is 23.5. The summed E-state index contributed by atoms with van der Waals surface area (Å²) in [5.74, 6) is -0.208. The summed E-state index contributed by atoms with van der Waals surface area (Å²) in [5, 5.41) is 2.73. The highest BCUT2D eigenvalue weighted by molar-refractivity contribution is 6.09. The van der Waals surface area contributed by atoms with Crippen LogP contribution in [0.15, 0.2) is 36.4 Å². The number of hydrogen-bond donors (Lipinski definition) is 3. The fraction of sp³-hybridized carbons (Fsp3) is 0.0667. The predicted molar refractivity (Wildman–Crippen MR) is 77.7 cm³/mol. The Morgan fingerprint density at radius 2 is 1.75 bits per heavy atom. The lowest BCUT2D eigenvalue weighted by Gasteiger charge is -2.18. The van der Waals surface area contributed by atoms with Crippen molar-refractivity contribution in [2.75, 3.05) is 16.8 Å². The molecular weight excluding hydrogens is 254 g/mol. The molecule has 2 aromatic rings. The van der Waals surface area contributed by atoms with Gasteiger partial charge in [0.25, 0.3) is 5.91 Å². The molecule has 0 unspecified atom stereocenters. The molecule has 0 aliphatic heterocycles. The Kier molecular flexibility index (Phi) is 2.68. The molecule has 0 heterocycles. The van der Waals surface area contributed by atoms with Crippen LogP contribution in [-0.4, -0.2) is 11.7 Å². The second-order valence-corrected chi connectivity index (χ2v) is 4.81. The Hall–Kier alpha value is -2.82. The molecule has 2 aromatic carbocycles. The standard InChI is InChI=1S/C15H13N3O2/c16-10-3-9(4-11(17)6-10)15(20)18-12-2-1-8-5-14(19)13(8)7-12/h1-4,6-7H,5,16-17H2,(H,18,20). The van der Waals surface area contributed by atoms with Crippen molar-refractivity contribution >= 4 is 28.8 Å². The SMILES string of the molecule is Nc1cc(N)cc(C(=O)Nc2ccc3c(c2)C(=O)C3)c1. The average molecular weight is 267 g/mol. The molecule has 5 nitrogen and oxygen atoms in total. The van der Waals surface area contributed by atoms with E-state index in [-0.39, 0.29) is 11.7 Å². The third kappa shape index (κ3) is 2.09. The number of amides is 1. The van der Waals surface area contributed by atoms with Gasteiger partial charge in [-0.15, -0.1) is 0 Å². The first-order valence-electron chi connectivity index (χ1n) is 6.16. The van der Waals surface area contributed by atoms with E-state index in [1.807, 2.05) is 6.07 Å². The highest BCUT2D eigenvalue weighted by Gasteiger charge is 2.23. The van der Waals surface area contributed by atoms with Crippen LogP contribution in [0.25, 0.3) is 0 Å². The summed E-state index contributed by atoms with van der Waals surface area (Å²) >= 11 is 0. The van der Waals surface area contributed by atoms with Crippen LogP contribution in [0.5, 0.6) is 0 Å². The van der Waals surface area contributed by atoms with E-state index in [0.29, 0.717) is 34.6 Å². The molecule has 3 rings (SSSR count). The number of anilines is 3. The molecule has 0 spiro atoms. The van der Waals surface area contributed by atoms with E-state index in [4.69, 9.17) is 11.5 Å². The van der Waals surface area contributed by atoms with Crippen LogP contribution < -0.4 is 16.8 Å².